The molecule has 0 aliphatic carbocycles. The van der Waals surface area contributed by atoms with Crippen molar-refractivity contribution in [3.05, 3.63) is 53.5 Å². The van der Waals surface area contributed by atoms with Crippen molar-refractivity contribution >= 4 is 33.8 Å². The van der Waals surface area contributed by atoms with Crippen LogP contribution >= 0.6 is 15.9 Å². The highest BCUT2D eigenvalue weighted by Crippen LogP contribution is 2.27. The van der Waals surface area contributed by atoms with E-state index in [4.69, 9.17) is 18.9 Å². The maximum absolute atomic E-state index is 13.0. The van der Waals surface area contributed by atoms with Gasteiger partial charge in [0.05, 0.1) is 31.4 Å². The van der Waals surface area contributed by atoms with E-state index >= 15 is 0 Å². The Hall–Kier alpha value is -2.65. The Kier molecular flexibility index (Phi) is 12.3. The zero-order chi connectivity index (χ0) is 27.4. The van der Waals surface area contributed by atoms with Gasteiger partial charge in [-0.3, -0.25) is 9.69 Å². The van der Waals surface area contributed by atoms with Gasteiger partial charge in [-0.05, 0) is 64.7 Å². The summed E-state index contributed by atoms with van der Waals surface area (Å²) in [6, 6.07) is 4.17. The topological polar surface area (TPSA) is 91.4 Å². The van der Waals surface area contributed by atoms with E-state index in [-0.39, 0.29) is 25.7 Å². The van der Waals surface area contributed by atoms with Gasteiger partial charge in [-0.15, -0.1) is 13.2 Å². The summed E-state index contributed by atoms with van der Waals surface area (Å²) in [5.41, 5.74) is -0.407. The summed E-state index contributed by atoms with van der Waals surface area (Å²) in [4.78, 5) is 40.0. The molecule has 1 saturated heterocycles. The van der Waals surface area contributed by atoms with E-state index in [1.54, 1.807) is 45.0 Å². The van der Waals surface area contributed by atoms with Gasteiger partial charge in [0.2, 0.25) is 5.78 Å². The number of benzene rings is 1. The lowest BCUT2D eigenvalue weighted by atomic mass is 10.1. The molecule has 0 bridgehead atoms. The third-order valence-corrected chi connectivity index (χ3v) is 6.01. The number of hydrogen-bond donors (Lipinski definition) is 0. The Morgan fingerprint density at radius 3 is 2.57 bits per heavy atom. The van der Waals surface area contributed by atoms with Crippen LogP contribution in [0, 0.1) is 0 Å². The summed E-state index contributed by atoms with van der Waals surface area (Å²) < 4.78 is 23.1. The van der Waals surface area contributed by atoms with Crippen molar-refractivity contribution in [2.24, 2.45) is 0 Å². The molecule has 1 heterocycles. The molecule has 2 atom stereocenters. The molecule has 0 radical (unpaired) electrons. The highest BCUT2D eigenvalue weighted by molar-refractivity contribution is 9.10. The molecule has 1 aromatic rings. The third-order valence-electron chi connectivity index (χ3n) is 5.51. The molecule has 1 amide bonds. The first kappa shape index (κ1) is 30.6. The lowest BCUT2D eigenvalue weighted by molar-refractivity contribution is -0.147. The highest BCUT2D eigenvalue weighted by atomic mass is 79.9. The molecular weight excluding hydrogens is 542 g/mol. The Morgan fingerprint density at radius 1 is 1.14 bits per heavy atom. The van der Waals surface area contributed by atoms with Crippen LogP contribution in [0.25, 0.3) is 0 Å². The van der Waals surface area contributed by atoms with E-state index in [0.29, 0.717) is 17.9 Å². The first-order valence-electron chi connectivity index (χ1n) is 12.5. The molecule has 9 heteroatoms. The number of likely N-dealkylation sites (tertiary alicyclic amines) is 1. The van der Waals surface area contributed by atoms with Crippen LogP contribution in [-0.4, -0.2) is 66.9 Å². The smallest absolute Gasteiger partial charge is 0.411 e. The first-order valence-corrected chi connectivity index (χ1v) is 13.3. The predicted octanol–water partition coefficient (Wildman–Crippen LogP) is 5.88. The van der Waals surface area contributed by atoms with Crippen molar-refractivity contribution in [1.29, 1.82) is 0 Å². The summed E-state index contributed by atoms with van der Waals surface area (Å²) in [6.45, 7) is 13.0. The average molecular weight is 581 g/mol. The normalized spacial score (nSPS) is 17.2. The second kappa shape index (κ2) is 14.9. The fourth-order valence-corrected chi connectivity index (χ4v) is 4.11. The number of rotatable bonds is 14. The van der Waals surface area contributed by atoms with Crippen molar-refractivity contribution < 1.29 is 33.3 Å². The number of ketones is 1. The summed E-state index contributed by atoms with van der Waals surface area (Å²) in [7, 11) is 0. The minimum absolute atomic E-state index is 0.175. The van der Waals surface area contributed by atoms with Crippen LogP contribution in [0.15, 0.2) is 48.0 Å². The van der Waals surface area contributed by atoms with Crippen LogP contribution in [0.2, 0.25) is 0 Å². The number of halogens is 1. The molecular formula is C28H38BrNO7. The zero-order valence-corrected chi connectivity index (χ0v) is 23.6. The summed E-state index contributed by atoms with van der Waals surface area (Å²) in [5.74, 6) is -0.664. The Bertz CT molecular complexity index is 956. The van der Waals surface area contributed by atoms with Crippen molar-refractivity contribution in [1.82, 2.24) is 4.90 Å². The fourth-order valence-electron chi connectivity index (χ4n) is 3.77. The lowest BCUT2D eigenvalue weighted by Crippen LogP contribution is -2.44. The van der Waals surface area contributed by atoms with Gasteiger partial charge in [-0.1, -0.05) is 28.1 Å². The Morgan fingerprint density at radius 2 is 1.89 bits per heavy atom. The van der Waals surface area contributed by atoms with E-state index in [1.165, 1.54) is 4.90 Å². The minimum atomic E-state index is -0.923. The van der Waals surface area contributed by atoms with Crippen LogP contribution in [0.3, 0.4) is 0 Å². The number of amides is 1. The van der Waals surface area contributed by atoms with Gasteiger partial charge in [0.25, 0.3) is 0 Å². The zero-order valence-electron chi connectivity index (χ0n) is 22.0. The van der Waals surface area contributed by atoms with Gasteiger partial charge >= 0.3 is 12.1 Å². The number of allylic oxidation sites excluding steroid dienone is 1. The average Bonchev–Trinajstić information content (AvgIpc) is 3.27. The number of nitrogens with zero attached hydrogens (tertiary/aromatic N) is 1. The second-order valence-corrected chi connectivity index (χ2v) is 10.7. The molecule has 2 rings (SSSR count). The summed E-state index contributed by atoms with van der Waals surface area (Å²) in [5, 5.41) is 0. The maximum atomic E-state index is 13.0. The van der Waals surface area contributed by atoms with Gasteiger partial charge < -0.3 is 18.9 Å². The van der Waals surface area contributed by atoms with Crippen LogP contribution in [0.5, 0.6) is 5.75 Å². The predicted molar refractivity (Wildman–Crippen MR) is 145 cm³/mol. The first-order chi connectivity index (χ1) is 17.6. The van der Waals surface area contributed by atoms with Gasteiger partial charge in [0.15, 0.2) is 6.61 Å². The minimum Gasteiger partial charge on any atom is -0.493 e. The molecule has 0 spiro atoms. The van der Waals surface area contributed by atoms with E-state index in [1.807, 2.05) is 6.08 Å². The van der Waals surface area contributed by atoms with E-state index in [9.17, 15) is 14.4 Å². The molecule has 2 unspecified atom stereocenters. The standard InChI is InChI=1S/C28H38BrNO7/c1-6-8-9-10-11-15-35-25-16-20(29)12-13-22(25)24(31)19-36-26(32)23-17-21(34-14-7-2)18-30(23)27(33)37-28(3,4)5/h6-7,12-13,16,21,23H,1-2,8-11,14-15,17-19H2,3-5H3. The van der Waals surface area contributed by atoms with Crippen molar-refractivity contribution in [2.45, 2.75) is 70.6 Å². The number of hydrogen-bond acceptors (Lipinski definition) is 7. The SMILES string of the molecule is C=CCCCCCOc1cc(Br)ccc1C(=O)COC(=O)C1CC(OCC=C)CN1C(=O)OC(C)(C)C. The number of esters is 1. The number of carbonyl (C=O) groups excluding carboxylic acids is 3. The molecule has 0 saturated carbocycles. The quantitative estimate of drug-likeness (QED) is 0.117. The van der Waals surface area contributed by atoms with E-state index in [2.05, 4.69) is 29.1 Å². The van der Waals surface area contributed by atoms with Crippen LogP contribution in [0.1, 0.15) is 63.2 Å². The van der Waals surface area contributed by atoms with E-state index in [0.717, 1.165) is 30.2 Å². The number of carbonyl (C=O) groups is 3. The van der Waals surface area contributed by atoms with Gasteiger partial charge in [-0.2, -0.15) is 0 Å². The molecule has 1 aromatic carbocycles. The molecule has 0 N–H and O–H groups in total. The Labute approximate surface area is 228 Å². The van der Waals surface area contributed by atoms with Crippen LogP contribution in [-0.2, 0) is 19.0 Å². The van der Waals surface area contributed by atoms with Gasteiger partial charge in [0, 0.05) is 10.9 Å². The van der Waals surface area contributed by atoms with Crippen LogP contribution < -0.4 is 4.74 Å². The molecule has 1 aliphatic rings. The number of Topliss-reactive ketones (excluding diaryl/α,β-unsaturated/α-hetero) is 1. The second-order valence-electron chi connectivity index (χ2n) is 9.79. The molecule has 0 aromatic heterocycles. The molecule has 204 valence electrons. The molecule has 1 fully saturated rings. The monoisotopic (exact) mass is 579 g/mol. The van der Waals surface area contributed by atoms with Crippen molar-refractivity contribution in [3.8, 4) is 5.75 Å². The molecule has 1 aliphatic heterocycles. The summed E-state index contributed by atoms with van der Waals surface area (Å²) >= 11 is 3.40. The Balaban J connectivity index is 2.02. The third kappa shape index (κ3) is 10.3. The molecule has 8 nitrogen and oxygen atoms in total. The highest BCUT2D eigenvalue weighted by Gasteiger charge is 2.43. The van der Waals surface area contributed by atoms with Gasteiger partial charge in [-0.25, -0.2) is 9.59 Å². The number of unbranched alkanes of at least 4 members (excludes halogenated alkanes) is 3. The maximum Gasteiger partial charge on any atom is 0.411 e. The van der Waals surface area contributed by atoms with Crippen molar-refractivity contribution in [3.63, 3.8) is 0 Å². The van der Waals surface area contributed by atoms with Gasteiger partial charge in [0.1, 0.15) is 17.4 Å². The molecule has 37 heavy (non-hydrogen) atoms. The lowest BCUT2D eigenvalue weighted by Gasteiger charge is -2.27. The number of ether oxygens (including phenoxy) is 4. The van der Waals surface area contributed by atoms with E-state index < -0.39 is 36.1 Å². The van der Waals surface area contributed by atoms with Crippen LogP contribution in [0.4, 0.5) is 4.79 Å². The summed E-state index contributed by atoms with van der Waals surface area (Å²) in [6.07, 6.45) is 6.54. The fraction of sp³-hybridized carbons (Fsp3) is 0.536. The van der Waals surface area contributed by atoms with Crippen molar-refractivity contribution in [2.75, 3.05) is 26.4 Å². The largest absolute Gasteiger partial charge is 0.493 e.